The number of aliphatic hydroxyl groups excluding tert-OH is 1. The quantitative estimate of drug-likeness (QED) is 0.754. The molecular formula is C11H14FNO2. The van der Waals surface area contributed by atoms with Gasteiger partial charge in [0.15, 0.2) is 0 Å². The summed E-state index contributed by atoms with van der Waals surface area (Å²) in [6.07, 6.45) is 0. The molecule has 1 fully saturated rings. The molecule has 0 saturated carbocycles. The fraction of sp³-hybridized carbons (Fsp3) is 0.455. The van der Waals surface area contributed by atoms with Crippen molar-refractivity contribution < 1.29 is 14.2 Å². The molecule has 1 atom stereocenters. The first-order chi connectivity index (χ1) is 7.27. The molecule has 1 heterocycles. The second kappa shape index (κ2) is 4.26. The van der Waals surface area contributed by atoms with Gasteiger partial charge in [-0.25, -0.2) is 4.39 Å². The summed E-state index contributed by atoms with van der Waals surface area (Å²) >= 11 is 0. The van der Waals surface area contributed by atoms with Gasteiger partial charge in [0.1, 0.15) is 5.82 Å². The van der Waals surface area contributed by atoms with Crippen molar-refractivity contribution >= 4 is 0 Å². The molecule has 1 aromatic rings. The Morgan fingerprint density at radius 1 is 1.40 bits per heavy atom. The zero-order valence-corrected chi connectivity index (χ0v) is 8.37. The van der Waals surface area contributed by atoms with E-state index in [-0.39, 0.29) is 12.4 Å². The molecule has 1 saturated heterocycles. The molecule has 0 aromatic heterocycles. The molecule has 1 aromatic carbocycles. The Morgan fingerprint density at radius 3 is 2.67 bits per heavy atom. The van der Waals surface area contributed by atoms with Gasteiger partial charge in [0.2, 0.25) is 0 Å². The molecule has 3 nitrogen and oxygen atoms in total. The van der Waals surface area contributed by atoms with Gasteiger partial charge < -0.3 is 15.2 Å². The first-order valence-corrected chi connectivity index (χ1v) is 4.96. The third kappa shape index (κ3) is 2.02. The van der Waals surface area contributed by atoms with Crippen LogP contribution in [0.1, 0.15) is 5.56 Å². The molecule has 0 radical (unpaired) electrons. The Balaban J connectivity index is 2.28. The lowest BCUT2D eigenvalue weighted by molar-refractivity contribution is -0.00335. The van der Waals surface area contributed by atoms with Crippen LogP contribution in [0.3, 0.4) is 0 Å². The lowest BCUT2D eigenvalue weighted by Gasteiger charge is -2.37. The van der Waals surface area contributed by atoms with Crippen molar-refractivity contribution in [3.05, 3.63) is 35.6 Å². The van der Waals surface area contributed by atoms with Crippen LogP contribution in [0.4, 0.5) is 4.39 Å². The number of nitrogens with one attached hydrogen (secondary N) is 1. The number of hydrogen-bond acceptors (Lipinski definition) is 3. The van der Waals surface area contributed by atoms with Crippen LogP contribution in [0.25, 0.3) is 0 Å². The summed E-state index contributed by atoms with van der Waals surface area (Å²) in [5.41, 5.74) is 0.275. The SMILES string of the molecule is OCC1(c2ccc(F)cc2)COCCN1. The monoisotopic (exact) mass is 211 g/mol. The predicted octanol–water partition coefficient (Wildman–Crippen LogP) is 0.633. The van der Waals surface area contributed by atoms with Gasteiger partial charge in [-0.1, -0.05) is 12.1 Å². The highest BCUT2D eigenvalue weighted by atomic mass is 19.1. The smallest absolute Gasteiger partial charge is 0.123 e. The van der Waals surface area contributed by atoms with Crippen molar-refractivity contribution in [2.24, 2.45) is 0 Å². The van der Waals surface area contributed by atoms with E-state index in [9.17, 15) is 9.50 Å². The van der Waals surface area contributed by atoms with Crippen LogP contribution in [-0.4, -0.2) is 31.5 Å². The van der Waals surface area contributed by atoms with Gasteiger partial charge in [-0.15, -0.1) is 0 Å². The molecule has 0 bridgehead atoms. The first kappa shape index (κ1) is 10.5. The van der Waals surface area contributed by atoms with Gasteiger partial charge in [-0.2, -0.15) is 0 Å². The summed E-state index contributed by atoms with van der Waals surface area (Å²) in [7, 11) is 0. The number of morpholine rings is 1. The zero-order valence-electron chi connectivity index (χ0n) is 8.37. The van der Waals surface area contributed by atoms with Gasteiger partial charge in [0, 0.05) is 6.54 Å². The Hall–Kier alpha value is -0.970. The normalized spacial score (nSPS) is 26.5. The minimum atomic E-state index is -0.577. The van der Waals surface area contributed by atoms with E-state index in [0.717, 1.165) is 5.56 Å². The van der Waals surface area contributed by atoms with Crippen molar-refractivity contribution in [2.75, 3.05) is 26.4 Å². The van der Waals surface area contributed by atoms with E-state index >= 15 is 0 Å². The summed E-state index contributed by atoms with van der Waals surface area (Å²) in [6.45, 7) is 1.69. The second-order valence-corrected chi connectivity index (χ2v) is 3.73. The number of hydrogen-bond donors (Lipinski definition) is 2. The molecule has 15 heavy (non-hydrogen) atoms. The van der Waals surface area contributed by atoms with E-state index in [2.05, 4.69) is 5.32 Å². The van der Waals surface area contributed by atoms with E-state index < -0.39 is 5.54 Å². The lowest BCUT2D eigenvalue weighted by Crippen LogP contribution is -2.54. The van der Waals surface area contributed by atoms with Crippen molar-refractivity contribution in [2.45, 2.75) is 5.54 Å². The van der Waals surface area contributed by atoms with Crippen molar-refractivity contribution in [3.63, 3.8) is 0 Å². The van der Waals surface area contributed by atoms with Gasteiger partial charge in [-0.3, -0.25) is 0 Å². The summed E-state index contributed by atoms with van der Waals surface area (Å²) < 4.78 is 18.1. The van der Waals surface area contributed by atoms with Gasteiger partial charge in [-0.05, 0) is 17.7 Å². The van der Waals surface area contributed by atoms with Crippen molar-refractivity contribution in [1.82, 2.24) is 5.32 Å². The fourth-order valence-corrected chi connectivity index (χ4v) is 1.81. The average molecular weight is 211 g/mol. The fourth-order valence-electron chi connectivity index (χ4n) is 1.81. The molecule has 82 valence electrons. The first-order valence-electron chi connectivity index (χ1n) is 4.96. The molecule has 0 aliphatic carbocycles. The van der Waals surface area contributed by atoms with Crippen LogP contribution in [0.5, 0.6) is 0 Å². The van der Waals surface area contributed by atoms with Crippen LogP contribution < -0.4 is 5.32 Å². The van der Waals surface area contributed by atoms with Crippen LogP contribution >= 0.6 is 0 Å². The van der Waals surface area contributed by atoms with E-state index in [0.29, 0.717) is 19.8 Å². The summed E-state index contributed by atoms with van der Waals surface area (Å²) in [5, 5.41) is 12.6. The number of halogens is 1. The Morgan fingerprint density at radius 2 is 2.13 bits per heavy atom. The molecule has 0 amide bonds. The molecule has 2 N–H and O–H groups in total. The standard InChI is InChI=1S/C11H14FNO2/c12-10-3-1-9(2-4-10)11(7-14)8-15-6-5-13-11/h1-4,13-14H,5-8H2. The summed E-state index contributed by atoms with van der Waals surface area (Å²) in [4.78, 5) is 0. The van der Waals surface area contributed by atoms with Crippen LogP contribution in [0.2, 0.25) is 0 Å². The van der Waals surface area contributed by atoms with E-state index in [1.165, 1.54) is 12.1 Å². The van der Waals surface area contributed by atoms with Crippen LogP contribution in [0.15, 0.2) is 24.3 Å². The summed E-state index contributed by atoms with van der Waals surface area (Å²) in [6, 6.07) is 6.13. The van der Waals surface area contributed by atoms with Gasteiger partial charge >= 0.3 is 0 Å². The maximum atomic E-state index is 12.8. The maximum absolute atomic E-state index is 12.8. The number of rotatable bonds is 2. The number of aliphatic hydroxyl groups is 1. The Kier molecular flexibility index (Phi) is 3.00. The predicted molar refractivity (Wildman–Crippen MR) is 54.0 cm³/mol. The van der Waals surface area contributed by atoms with E-state index in [1.807, 2.05) is 0 Å². The number of benzene rings is 1. The molecule has 1 aliphatic heterocycles. The van der Waals surface area contributed by atoms with E-state index in [1.54, 1.807) is 12.1 Å². The summed E-state index contributed by atoms with van der Waals surface area (Å²) in [5.74, 6) is -0.274. The van der Waals surface area contributed by atoms with Gasteiger partial charge in [0.25, 0.3) is 0 Å². The molecule has 1 aliphatic rings. The second-order valence-electron chi connectivity index (χ2n) is 3.73. The molecule has 0 spiro atoms. The van der Waals surface area contributed by atoms with Gasteiger partial charge in [0.05, 0.1) is 25.4 Å². The highest BCUT2D eigenvalue weighted by molar-refractivity contribution is 5.26. The maximum Gasteiger partial charge on any atom is 0.123 e. The number of ether oxygens (including phenoxy) is 1. The average Bonchev–Trinajstić information content (AvgIpc) is 2.31. The molecule has 2 rings (SSSR count). The molecule has 4 heteroatoms. The van der Waals surface area contributed by atoms with Crippen LogP contribution in [0, 0.1) is 5.82 Å². The Bertz CT molecular complexity index is 320. The third-order valence-electron chi connectivity index (χ3n) is 2.72. The highest BCUT2D eigenvalue weighted by Gasteiger charge is 2.33. The zero-order chi connectivity index (χ0) is 10.7. The van der Waals surface area contributed by atoms with Crippen molar-refractivity contribution in [3.8, 4) is 0 Å². The van der Waals surface area contributed by atoms with Crippen LogP contribution in [-0.2, 0) is 10.3 Å². The minimum Gasteiger partial charge on any atom is -0.394 e. The largest absolute Gasteiger partial charge is 0.394 e. The topological polar surface area (TPSA) is 41.5 Å². The molecule has 1 unspecified atom stereocenters. The molecular weight excluding hydrogens is 197 g/mol. The highest BCUT2D eigenvalue weighted by Crippen LogP contribution is 2.23. The minimum absolute atomic E-state index is 0.0569. The lowest BCUT2D eigenvalue weighted by atomic mass is 9.90. The van der Waals surface area contributed by atoms with E-state index in [4.69, 9.17) is 4.74 Å². The Labute approximate surface area is 87.9 Å². The van der Waals surface area contributed by atoms with Crippen molar-refractivity contribution in [1.29, 1.82) is 0 Å². The third-order valence-corrected chi connectivity index (χ3v) is 2.72.